The molecule has 0 bridgehead atoms. The molecule has 2 saturated heterocycles. The first-order valence-electron chi connectivity index (χ1n) is 10.6. The van der Waals surface area contributed by atoms with E-state index in [2.05, 4.69) is 19.7 Å². The highest BCUT2D eigenvalue weighted by atomic mass is 16.2. The van der Waals surface area contributed by atoms with Crippen LogP contribution in [0.2, 0.25) is 0 Å². The molecule has 0 N–H and O–H groups in total. The standard InChI is InChI=1S/C22H27N5O2/c1-25-18(23-24-20(25)16-9-5-10-16)14-26-12-6-11-17-19(26)22(29)27(21(17)28)13-15-7-3-2-4-8-15/h2-4,7-8,16-17,19H,5-6,9-14H2,1H3/t17-,19+/m1/s1. The van der Waals surface area contributed by atoms with Crippen LogP contribution in [0.3, 0.4) is 0 Å². The SMILES string of the molecule is Cn1c(CN2CCC[C@H]3C(=O)N(Cc4ccccc4)C(=O)[C@H]32)nnc1C1CCC1. The molecule has 2 amide bonds. The van der Waals surface area contributed by atoms with Crippen molar-refractivity contribution in [3.8, 4) is 0 Å². The molecule has 1 aliphatic carbocycles. The van der Waals surface area contributed by atoms with Gasteiger partial charge in [-0.3, -0.25) is 19.4 Å². The molecular weight excluding hydrogens is 366 g/mol. The van der Waals surface area contributed by atoms with Gasteiger partial charge in [-0.2, -0.15) is 0 Å². The average molecular weight is 393 g/mol. The summed E-state index contributed by atoms with van der Waals surface area (Å²) in [4.78, 5) is 29.8. The van der Waals surface area contributed by atoms with Gasteiger partial charge in [0.25, 0.3) is 0 Å². The molecule has 2 atom stereocenters. The Balaban J connectivity index is 1.35. The van der Waals surface area contributed by atoms with Gasteiger partial charge in [0, 0.05) is 13.0 Å². The van der Waals surface area contributed by atoms with Crippen LogP contribution in [-0.4, -0.2) is 49.0 Å². The van der Waals surface area contributed by atoms with E-state index < -0.39 is 0 Å². The van der Waals surface area contributed by atoms with Crippen LogP contribution in [-0.2, 0) is 29.7 Å². The molecule has 2 aromatic rings. The third kappa shape index (κ3) is 3.17. The number of fused-ring (bicyclic) bond motifs is 1. The number of hydrogen-bond donors (Lipinski definition) is 0. The van der Waals surface area contributed by atoms with Crippen molar-refractivity contribution in [3.05, 3.63) is 47.5 Å². The largest absolute Gasteiger partial charge is 0.317 e. The van der Waals surface area contributed by atoms with Crippen LogP contribution >= 0.6 is 0 Å². The zero-order chi connectivity index (χ0) is 20.0. The highest BCUT2D eigenvalue weighted by Crippen LogP contribution is 2.36. The van der Waals surface area contributed by atoms with Crippen molar-refractivity contribution < 1.29 is 9.59 Å². The lowest BCUT2D eigenvalue weighted by Crippen LogP contribution is -2.47. The summed E-state index contributed by atoms with van der Waals surface area (Å²) < 4.78 is 2.09. The number of carbonyl (C=O) groups excluding carboxylic acids is 2. The van der Waals surface area contributed by atoms with Crippen LogP contribution < -0.4 is 0 Å². The van der Waals surface area contributed by atoms with Gasteiger partial charge in [-0.15, -0.1) is 10.2 Å². The molecule has 1 aromatic carbocycles. The van der Waals surface area contributed by atoms with Crippen LogP contribution in [0.1, 0.15) is 55.2 Å². The highest BCUT2D eigenvalue weighted by Gasteiger charge is 2.51. The lowest BCUT2D eigenvalue weighted by Gasteiger charge is -2.34. The summed E-state index contributed by atoms with van der Waals surface area (Å²) in [6.45, 7) is 1.73. The van der Waals surface area contributed by atoms with Gasteiger partial charge in [0.1, 0.15) is 17.7 Å². The molecule has 0 radical (unpaired) electrons. The Bertz CT molecular complexity index is 921. The van der Waals surface area contributed by atoms with Gasteiger partial charge in [-0.25, -0.2) is 0 Å². The van der Waals surface area contributed by atoms with E-state index in [4.69, 9.17) is 0 Å². The molecule has 2 aliphatic heterocycles. The van der Waals surface area contributed by atoms with E-state index in [1.807, 2.05) is 37.4 Å². The number of rotatable bonds is 5. The van der Waals surface area contributed by atoms with Crippen LogP contribution in [0.15, 0.2) is 30.3 Å². The van der Waals surface area contributed by atoms with Gasteiger partial charge in [0.05, 0.1) is 19.0 Å². The summed E-state index contributed by atoms with van der Waals surface area (Å²) in [6, 6.07) is 9.37. The minimum atomic E-state index is -0.371. The van der Waals surface area contributed by atoms with Crippen molar-refractivity contribution in [1.82, 2.24) is 24.6 Å². The molecule has 5 rings (SSSR count). The zero-order valence-electron chi connectivity index (χ0n) is 16.8. The molecule has 3 fully saturated rings. The van der Waals surface area contributed by atoms with Crippen molar-refractivity contribution in [2.24, 2.45) is 13.0 Å². The van der Waals surface area contributed by atoms with Crippen molar-refractivity contribution in [3.63, 3.8) is 0 Å². The Labute approximate surface area is 170 Å². The molecule has 0 unspecified atom stereocenters. The van der Waals surface area contributed by atoms with Gasteiger partial charge in [-0.05, 0) is 37.8 Å². The fourth-order valence-electron chi connectivity index (χ4n) is 4.94. The minimum absolute atomic E-state index is 0.0262. The minimum Gasteiger partial charge on any atom is -0.317 e. The lowest BCUT2D eigenvalue weighted by atomic mass is 9.85. The van der Waals surface area contributed by atoms with Gasteiger partial charge < -0.3 is 4.57 Å². The van der Waals surface area contributed by atoms with Gasteiger partial charge >= 0.3 is 0 Å². The first-order chi connectivity index (χ1) is 14.1. The van der Waals surface area contributed by atoms with E-state index >= 15 is 0 Å². The third-order valence-corrected chi connectivity index (χ3v) is 6.83. The first-order valence-corrected chi connectivity index (χ1v) is 10.6. The number of nitrogens with zero attached hydrogens (tertiary/aromatic N) is 5. The van der Waals surface area contributed by atoms with Crippen LogP contribution in [0.4, 0.5) is 0 Å². The molecule has 3 heterocycles. The number of likely N-dealkylation sites (tertiary alicyclic amines) is 2. The predicted octanol–water partition coefficient (Wildman–Crippen LogP) is 2.23. The number of aromatic nitrogens is 3. The Morgan fingerprint density at radius 2 is 1.76 bits per heavy atom. The number of carbonyl (C=O) groups is 2. The molecule has 152 valence electrons. The van der Waals surface area contributed by atoms with E-state index in [1.165, 1.54) is 24.2 Å². The number of amides is 2. The molecule has 29 heavy (non-hydrogen) atoms. The number of piperidine rings is 1. The molecule has 0 spiro atoms. The van der Waals surface area contributed by atoms with Crippen LogP contribution in [0.5, 0.6) is 0 Å². The van der Waals surface area contributed by atoms with Gasteiger partial charge in [0.2, 0.25) is 11.8 Å². The van der Waals surface area contributed by atoms with Crippen molar-refractivity contribution in [2.45, 2.75) is 57.2 Å². The number of benzene rings is 1. The Morgan fingerprint density at radius 3 is 2.48 bits per heavy atom. The summed E-state index contributed by atoms with van der Waals surface area (Å²) >= 11 is 0. The number of imide groups is 1. The summed E-state index contributed by atoms with van der Waals surface area (Å²) in [5.41, 5.74) is 0.984. The molecule has 7 heteroatoms. The first kappa shape index (κ1) is 18.5. The topological polar surface area (TPSA) is 71.3 Å². The van der Waals surface area contributed by atoms with E-state index in [-0.39, 0.29) is 23.8 Å². The maximum absolute atomic E-state index is 13.2. The Morgan fingerprint density at radius 1 is 0.966 bits per heavy atom. The lowest BCUT2D eigenvalue weighted by molar-refractivity contribution is -0.140. The third-order valence-electron chi connectivity index (χ3n) is 6.83. The van der Waals surface area contributed by atoms with Gasteiger partial charge in [-0.1, -0.05) is 36.8 Å². The monoisotopic (exact) mass is 393 g/mol. The summed E-state index contributed by atoms with van der Waals surface area (Å²) in [5, 5.41) is 8.84. The molecule has 1 aromatic heterocycles. The maximum atomic E-state index is 13.2. The quantitative estimate of drug-likeness (QED) is 0.729. The fourth-order valence-corrected chi connectivity index (χ4v) is 4.94. The van der Waals surface area contributed by atoms with Gasteiger partial charge in [0.15, 0.2) is 0 Å². The van der Waals surface area contributed by atoms with Crippen LogP contribution in [0, 0.1) is 5.92 Å². The fraction of sp³-hybridized carbons (Fsp3) is 0.545. The summed E-state index contributed by atoms with van der Waals surface area (Å²) in [6.07, 6.45) is 5.33. The average Bonchev–Trinajstić information content (AvgIpc) is 3.15. The van der Waals surface area contributed by atoms with Crippen LogP contribution in [0.25, 0.3) is 0 Å². The maximum Gasteiger partial charge on any atom is 0.247 e. The van der Waals surface area contributed by atoms with E-state index in [0.717, 1.165) is 36.6 Å². The second-order valence-corrected chi connectivity index (χ2v) is 8.57. The Hall–Kier alpha value is -2.54. The Kier molecular flexibility index (Phi) is 4.70. The van der Waals surface area contributed by atoms with Crippen molar-refractivity contribution >= 4 is 11.8 Å². The van der Waals surface area contributed by atoms with E-state index in [9.17, 15) is 9.59 Å². The molecular formula is C22H27N5O2. The highest BCUT2D eigenvalue weighted by molar-refractivity contribution is 6.07. The molecule has 1 saturated carbocycles. The molecule has 3 aliphatic rings. The van der Waals surface area contributed by atoms with Crippen molar-refractivity contribution in [2.75, 3.05) is 6.54 Å². The van der Waals surface area contributed by atoms with E-state index in [0.29, 0.717) is 19.0 Å². The number of hydrogen-bond acceptors (Lipinski definition) is 5. The summed E-state index contributed by atoms with van der Waals surface area (Å²) in [7, 11) is 2.02. The normalized spacial score (nSPS) is 25.3. The zero-order valence-corrected chi connectivity index (χ0v) is 16.8. The predicted molar refractivity (Wildman–Crippen MR) is 107 cm³/mol. The smallest absolute Gasteiger partial charge is 0.247 e. The molecule has 7 nitrogen and oxygen atoms in total. The summed E-state index contributed by atoms with van der Waals surface area (Å²) in [5.74, 6) is 2.13. The second-order valence-electron chi connectivity index (χ2n) is 8.57. The van der Waals surface area contributed by atoms with Crippen molar-refractivity contribution in [1.29, 1.82) is 0 Å². The van der Waals surface area contributed by atoms with E-state index in [1.54, 1.807) is 0 Å². The second kappa shape index (κ2) is 7.37.